The molecule has 1 aromatic heterocycles. The monoisotopic (exact) mass is 308 g/mol. The second-order valence-electron chi connectivity index (χ2n) is 4.76. The molecule has 6 nitrogen and oxygen atoms in total. The molecule has 21 heavy (non-hydrogen) atoms. The summed E-state index contributed by atoms with van der Waals surface area (Å²) in [6, 6.07) is 7.42. The van der Waals surface area contributed by atoms with Gasteiger partial charge in [-0.1, -0.05) is 17.7 Å². The summed E-state index contributed by atoms with van der Waals surface area (Å²) in [5.74, 6) is 0. The Labute approximate surface area is 125 Å². The number of anilines is 1. The van der Waals surface area contributed by atoms with E-state index in [9.17, 15) is 8.42 Å². The second-order valence-corrected chi connectivity index (χ2v) is 6.56. The van der Waals surface area contributed by atoms with Crippen LogP contribution >= 0.6 is 0 Å². The molecule has 0 atom stereocenters. The maximum absolute atomic E-state index is 12.8. The number of aromatic nitrogens is 2. The average molecular weight is 308 g/mol. The molecule has 1 aromatic carbocycles. The Morgan fingerprint density at radius 1 is 1.29 bits per heavy atom. The minimum Gasteiger partial charge on any atom is -0.316 e. The predicted molar refractivity (Wildman–Crippen MR) is 82.7 cm³/mol. The molecular weight excluding hydrogens is 288 g/mol. The third-order valence-corrected chi connectivity index (χ3v) is 5.12. The highest BCUT2D eigenvalue weighted by atomic mass is 32.2. The van der Waals surface area contributed by atoms with Gasteiger partial charge in [0.2, 0.25) is 0 Å². The first-order valence-corrected chi connectivity index (χ1v) is 8.21. The first-order valence-electron chi connectivity index (χ1n) is 6.77. The van der Waals surface area contributed by atoms with Crippen LogP contribution in [0, 0.1) is 6.92 Å². The number of hydrogen-bond donors (Lipinski definition) is 2. The Bertz CT molecular complexity index is 692. The van der Waals surface area contributed by atoms with Gasteiger partial charge in [-0.25, -0.2) is 0 Å². The average Bonchev–Trinajstić information content (AvgIpc) is 2.91. The van der Waals surface area contributed by atoms with E-state index in [1.54, 1.807) is 7.05 Å². The summed E-state index contributed by atoms with van der Waals surface area (Å²) in [5, 5.41) is 9.55. The van der Waals surface area contributed by atoms with Crippen molar-refractivity contribution >= 4 is 15.7 Å². The molecule has 0 aliphatic heterocycles. The van der Waals surface area contributed by atoms with Gasteiger partial charge in [0.05, 0.1) is 11.9 Å². The van der Waals surface area contributed by atoms with Crippen LogP contribution < -0.4 is 9.62 Å². The molecule has 0 saturated carbocycles. The molecule has 0 radical (unpaired) electrons. The summed E-state index contributed by atoms with van der Waals surface area (Å²) >= 11 is 0. The Hall–Kier alpha value is -1.86. The van der Waals surface area contributed by atoms with Crippen LogP contribution in [0.3, 0.4) is 0 Å². The van der Waals surface area contributed by atoms with Crippen LogP contribution in [0.15, 0.2) is 35.5 Å². The smallest absolute Gasteiger partial charge is 0.281 e. The van der Waals surface area contributed by atoms with Crippen LogP contribution in [0.1, 0.15) is 18.1 Å². The van der Waals surface area contributed by atoms with Crippen molar-refractivity contribution in [2.75, 3.05) is 17.9 Å². The molecule has 7 heteroatoms. The van der Waals surface area contributed by atoms with Crippen molar-refractivity contribution < 1.29 is 8.42 Å². The van der Waals surface area contributed by atoms with E-state index in [0.29, 0.717) is 24.3 Å². The lowest BCUT2D eigenvalue weighted by Gasteiger charge is -2.22. The van der Waals surface area contributed by atoms with Crippen molar-refractivity contribution in [1.29, 1.82) is 0 Å². The van der Waals surface area contributed by atoms with E-state index in [1.807, 2.05) is 38.1 Å². The second kappa shape index (κ2) is 6.28. The molecule has 114 valence electrons. The number of H-pyrrole nitrogens is 1. The summed E-state index contributed by atoms with van der Waals surface area (Å²) in [5.41, 5.74) is 2.36. The first kappa shape index (κ1) is 15.5. The van der Waals surface area contributed by atoms with Crippen molar-refractivity contribution in [3.63, 3.8) is 0 Å². The van der Waals surface area contributed by atoms with Crippen LogP contribution in [0.25, 0.3) is 0 Å². The fraction of sp³-hybridized carbons (Fsp3) is 0.357. The molecule has 0 fully saturated rings. The minimum atomic E-state index is -3.65. The maximum Gasteiger partial charge on any atom is 0.281 e. The van der Waals surface area contributed by atoms with Gasteiger partial charge in [-0.3, -0.25) is 9.40 Å². The lowest BCUT2D eigenvalue weighted by Crippen LogP contribution is -2.32. The van der Waals surface area contributed by atoms with Crippen molar-refractivity contribution in [2.45, 2.75) is 25.4 Å². The van der Waals surface area contributed by atoms with E-state index in [0.717, 1.165) is 5.56 Å². The molecule has 2 N–H and O–H groups in total. The molecule has 0 aliphatic carbocycles. The quantitative estimate of drug-likeness (QED) is 0.850. The fourth-order valence-corrected chi connectivity index (χ4v) is 3.74. The standard InChI is InChI=1S/C14H20N4O2S/c1-4-18(13-7-5-11(2)6-8-13)21(19,20)14-12(9-15-3)10-16-17-14/h5-8,10,15H,4,9H2,1-3H3,(H,16,17). The summed E-state index contributed by atoms with van der Waals surface area (Å²) in [6.07, 6.45) is 1.53. The Morgan fingerprint density at radius 3 is 2.52 bits per heavy atom. The molecule has 2 rings (SSSR count). The van der Waals surface area contributed by atoms with Crippen LogP contribution in [-0.2, 0) is 16.6 Å². The van der Waals surface area contributed by atoms with Crippen LogP contribution in [0.5, 0.6) is 0 Å². The largest absolute Gasteiger partial charge is 0.316 e. The molecule has 0 saturated heterocycles. The molecule has 1 heterocycles. The highest BCUT2D eigenvalue weighted by Gasteiger charge is 2.27. The van der Waals surface area contributed by atoms with Gasteiger partial charge in [-0.05, 0) is 33.0 Å². The molecule has 0 aliphatic rings. The zero-order valence-electron chi connectivity index (χ0n) is 12.4. The number of nitrogens with zero attached hydrogens (tertiary/aromatic N) is 2. The summed E-state index contributed by atoms with van der Waals surface area (Å²) in [6.45, 7) is 4.57. The van der Waals surface area contributed by atoms with E-state index in [4.69, 9.17) is 0 Å². The molecule has 2 aromatic rings. The Morgan fingerprint density at radius 2 is 1.95 bits per heavy atom. The summed E-state index contributed by atoms with van der Waals surface area (Å²) in [4.78, 5) is 0. The van der Waals surface area contributed by atoms with Crippen LogP contribution in [0.4, 0.5) is 5.69 Å². The zero-order valence-corrected chi connectivity index (χ0v) is 13.2. The van der Waals surface area contributed by atoms with Gasteiger partial charge in [-0.2, -0.15) is 13.5 Å². The fourth-order valence-electron chi connectivity index (χ4n) is 2.15. The van der Waals surface area contributed by atoms with Crippen molar-refractivity contribution in [3.05, 3.63) is 41.6 Å². The molecule has 0 bridgehead atoms. The first-order chi connectivity index (χ1) is 10.0. The van der Waals surface area contributed by atoms with Crippen molar-refractivity contribution in [3.8, 4) is 0 Å². The molecule has 0 spiro atoms. The lowest BCUT2D eigenvalue weighted by molar-refractivity contribution is 0.585. The third kappa shape index (κ3) is 3.08. The van der Waals surface area contributed by atoms with Gasteiger partial charge in [0.25, 0.3) is 10.0 Å². The van der Waals surface area contributed by atoms with Crippen LogP contribution in [0.2, 0.25) is 0 Å². The normalized spacial score (nSPS) is 11.6. The number of aromatic amines is 1. The Balaban J connectivity index is 2.44. The topological polar surface area (TPSA) is 78.1 Å². The number of nitrogens with one attached hydrogen (secondary N) is 2. The number of hydrogen-bond acceptors (Lipinski definition) is 4. The molecule has 0 amide bonds. The number of sulfonamides is 1. The van der Waals surface area contributed by atoms with E-state index in [2.05, 4.69) is 15.5 Å². The third-order valence-electron chi connectivity index (χ3n) is 3.20. The van der Waals surface area contributed by atoms with Gasteiger partial charge in [0, 0.05) is 18.7 Å². The minimum absolute atomic E-state index is 0.138. The zero-order chi connectivity index (χ0) is 15.5. The predicted octanol–water partition coefficient (Wildman–Crippen LogP) is 1.65. The van der Waals surface area contributed by atoms with Gasteiger partial charge < -0.3 is 5.32 Å². The van der Waals surface area contributed by atoms with E-state index in [-0.39, 0.29) is 5.03 Å². The SMILES string of the molecule is CCN(c1ccc(C)cc1)S(=O)(=O)c1[nH]ncc1CNC. The molecule has 0 unspecified atom stereocenters. The van der Waals surface area contributed by atoms with Gasteiger partial charge in [0.15, 0.2) is 5.03 Å². The van der Waals surface area contributed by atoms with Gasteiger partial charge in [-0.15, -0.1) is 0 Å². The van der Waals surface area contributed by atoms with Crippen molar-refractivity contribution in [1.82, 2.24) is 15.5 Å². The molecular formula is C14H20N4O2S. The van der Waals surface area contributed by atoms with Crippen molar-refractivity contribution in [2.24, 2.45) is 0 Å². The van der Waals surface area contributed by atoms with E-state index >= 15 is 0 Å². The number of aryl methyl sites for hydroxylation is 1. The van der Waals surface area contributed by atoms with E-state index in [1.165, 1.54) is 10.5 Å². The number of benzene rings is 1. The maximum atomic E-state index is 12.8. The van der Waals surface area contributed by atoms with Crippen LogP contribution in [-0.4, -0.2) is 32.2 Å². The Kier molecular flexibility index (Phi) is 4.64. The summed E-state index contributed by atoms with van der Waals surface area (Å²) in [7, 11) is -1.89. The van der Waals surface area contributed by atoms with Gasteiger partial charge in [0.1, 0.15) is 0 Å². The summed E-state index contributed by atoms with van der Waals surface area (Å²) < 4.78 is 27.0. The number of rotatable bonds is 6. The van der Waals surface area contributed by atoms with E-state index < -0.39 is 10.0 Å². The highest BCUT2D eigenvalue weighted by Crippen LogP contribution is 2.24. The highest BCUT2D eigenvalue weighted by molar-refractivity contribution is 7.92. The lowest BCUT2D eigenvalue weighted by atomic mass is 10.2. The van der Waals surface area contributed by atoms with Gasteiger partial charge >= 0.3 is 0 Å².